The molecule has 0 saturated heterocycles. The van der Waals surface area contributed by atoms with E-state index in [9.17, 15) is 9.59 Å². The highest BCUT2D eigenvalue weighted by atomic mass is 32.1. The van der Waals surface area contributed by atoms with Crippen LogP contribution in [0, 0.1) is 0 Å². The molecule has 0 aromatic carbocycles. The third-order valence-electron chi connectivity index (χ3n) is 4.33. The van der Waals surface area contributed by atoms with Gasteiger partial charge in [-0.05, 0) is 32.2 Å². The van der Waals surface area contributed by atoms with Crippen molar-refractivity contribution in [3.05, 3.63) is 39.1 Å². The van der Waals surface area contributed by atoms with Gasteiger partial charge < -0.3 is 9.47 Å². The van der Waals surface area contributed by atoms with Crippen molar-refractivity contribution in [2.24, 2.45) is 0 Å². The number of methoxy groups -OCH3 is 1. The molecule has 0 bridgehead atoms. The molecule has 8 heteroatoms. The maximum Gasteiger partial charge on any atom is 0.331 e. The van der Waals surface area contributed by atoms with Gasteiger partial charge in [-0.3, -0.25) is 9.36 Å². The lowest BCUT2D eigenvalue weighted by Gasteiger charge is -2.27. The van der Waals surface area contributed by atoms with Crippen molar-refractivity contribution in [3.8, 4) is 10.4 Å². The van der Waals surface area contributed by atoms with Crippen molar-refractivity contribution in [2.75, 3.05) is 20.3 Å². The van der Waals surface area contributed by atoms with Gasteiger partial charge >= 0.3 is 5.97 Å². The Morgan fingerprint density at radius 1 is 1.33 bits per heavy atom. The van der Waals surface area contributed by atoms with Crippen molar-refractivity contribution in [2.45, 2.75) is 32.7 Å². The number of carbonyl (C=O) groups is 1. The molecule has 3 aromatic rings. The van der Waals surface area contributed by atoms with E-state index in [1.54, 1.807) is 39.2 Å². The highest BCUT2D eigenvalue weighted by Gasteiger charge is 2.35. The summed E-state index contributed by atoms with van der Waals surface area (Å²) in [7, 11) is 1.59. The molecular formula is C19H22N2O4S2. The number of nitrogens with zero attached hydrogens (tertiary/aromatic N) is 2. The van der Waals surface area contributed by atoms with E-state index in [4.69, 9.17) is 14.5 Å². The lowest BCUT2D eigenvalue weighted by atomic mass is 10.0. The fourth-order valence-electron chi connectivity index (χ4n) is 2.98. The van der Waals surface area contributed by atoms with Gasteiger partial charge in [0.05, 0.1) is 18.6 Å². The van der Waals surface area contributed by atoms with Gasteiger partial charge in [-0.1, -0.05) is 6.07 Å². The summed E-state index contributed by atoms with van der Waals surface area (Å²) in [5, 5.41) is 4.47. The van der Waals surface area contributed by atoms with Crippen LogP contribution in [0.5, 0.6) is 0 Å². The Balaban J connectivity index is 2.28. The van der Waals surface area contributed by atoms with Gasteiger partial charge in [0.15, 0.2) is 0 Å². The first-order chi connectivity index (χ1) is 12.9. The molecular weight excluding hydrogens is 384 g/mol. The number of thiophene rings is 2. The van der Waals surface area contributed by atoms with Gasteiger partial charge in [0.2, 0.25) is 0 Å². The number of esters is 1. The number of hydrogen-bond acceptors (Lipinski definition) is 7. The molecule has 0 amide bonds. The molecule has 3 heterocycles. The molecule has 0 radical (unpaired) electrons. The Labute approximate surface area is 165 Å². The average Bonchev–Trinajstić information content (AvgIpc) is 3.29. The molecule has 0 atom stereocenters. The van der Waals surface area contributed by atoms with Crippen LogP contribution in [-0.2, 0) is 26.2 Å². The summed E-state index contributed by atoms with van der Waals surface area (Å²) >= 11 is 3.01. The molecule has 6 nitrogen and oxygen atoms in total. The number of rotatable bonds is 7. The van der Waals surface area contributed by atoms with Gasteiger partial charge in [-0.25, -0.2) is 9.78 Å². The van der Waals surface area contributed by atoms with Crippen LogP contribution in [0.3, 0.4) is 0 Å². The summed E-state index contributed by atoms with van der Waals surface area (Å²) in [6.45, 7) is 5.78. The largest absolute Gasteiger partial charge is 0.464 e. The van der Waals surface area contributed by atoms with E-state index >= 15 is 0 Å². The molecule has 0 aliphatic rings. The molecule has 0 saturated carbocycles. The smallest absolute Gasteiger partial charge is 0.331 e. The van der Waals surface area contributed by atoms with Crippen LogP contribution in [0.15, 0.2) is 27.7 Å². The molecule has 144 valence electrons. The van der Waals surface area contributed by atoms with E-state index in [2.05, 4.69) is 0 Å². The van der Waals surface area contributed by atoms with Gasteiger partial charge in [0.25, 0.3) is 5.56 Å². The molecule has 0 spiro atoms. The fourth-order valence-corrected chi connectivity index (χ4v) is 4.75. The minimum atomic E-state index is -1.17. The SMILES string of the molecule is CCOC(=O)C(C)(C)n1c(CCOC)nc2scc(-c3cccs3)c2c1=O. The lowest BCUT2D eigenvalue weighted by Crippen LogP contribution is -2.46. The molecule has 27 heavy (non-hydrogen) atoms. The molecule has 0 fully saturated rings. The quantitative estimate of drug-likeness (QED) is 0.560. The number of ether oxygens (including phenoxy) is 2. The zero-order valence-corrected chi connectivity index (χ0v) is 17.4. The zero-order valence-electron chi connectivity index (χ0n) is 15.8. The Hall–Kier alpha value is -2.03. The number of hydrogen-bond donors (Lipinski definition) is 0. The Morgan fingerprint density at radius 2 is 2.11 bits per heavy atom. The second-order valence-electron chi connectivity index (χ2n) is 6.50. The third kappa shape index (κ3) is 3.56. The molecule has 0 aliphatic heterocycles. The Morgan fingerprint density at radius 3 is 2.74 bits per heavy atom. The lowest BCUT2D eigenvalue weighted by molar-refractivity contribution is -0.152. The second kappa shape index (κ2) is 7.92. The van der Waals surface area contributed by atoms with Crippen LogP contribution in [-0.4, -0.2) is 35.8 Å². The maximum atomic E-state index is 13.5. The summed E-state index contributed by atoms with van der Waals surface area (Å²) in [4.78, 5) is 32.5. The Kier molecular flexibility index (Phi) is 5.78. The van der Waals surface area contributed by atoms with Crippen molar-refractivity contribution < 1.29 is 14.3 Å². The van der Waals surface area contributed by atoms with Crippen LogP contribution in [0.2, 0.25) is 0 Å². The van der Waals surface area contributed by atoms with E-state index in [0.29, 0.717) is 29.1 Å². The minimum absolute atomic E-state index is 0.228. The van der Waals surface area contributed by atoms with E-state index in [-0.39, 0.29) is 12.2 Å². The molecule has 3 aromatic heterocycles. The van der Waals surface area contributed by atoms with Gasteiger partial charge in [-0.2, -0.15) is 0 Å². The standard InChI is InChI=1S/C19H22N2O4S2/c1-5-25-18(23)19(2,3)21-14(8-9-24-4)20-16-15(17(21)22)12(11-27-16)13-7-6-10-26-13/h6-7,10-11H,5,8-9H2,1-4H3. The first-order valence-corrected chi connectivity index (χ1v) is 10.4. The summed E-state index contributed by atoms with van der Waals surface area (Å²) in [5.74, 6) is 0.0619. The zero-order chi connectivity index (χ0) is 19.6. The predicted octanol–water partition coefficient (Wildman–Crippen LogP) is 3.67. The fraction of sp³-hybridized carbons (Fsp3) is 0.421. The summed E-state index contributed by atoms with van der Waals surface area (Å²) in [6.07, 6.45) is 0.427. The minimum Gasteiger partial charge on any atom is -0.464 e. The van der Waals surface area contributed by atoms with E-state index in [0.717, 1.165) is 10.4 Å². The summed E-state index contributed by atoms with van der Waals surface area (Å²) in [6, 6.07) is 3.93. The van der Waals surface area contributed by atoms with Gasteiger partial charge in [-0.15, -0.1) is 22.7 Å². The monoisotopic (exact) mass is 406 g/mol. The molecule has 3 rings (SSSR count). The molecule has 0 aliphatic carbocycles. The summed E-state index contributed by atoms with van der Waals surface area (Å²) in [5.41, 5.74) is -0.547. The first-order valence-electron chi connectivity index (χ1n) is 8.65. The normalized spacial score (nSPS) is 11.9. The van der Waals surface area contributed by atoms with Crippen LogP contribution in [0.4, 0.5) is 0 Å². The van der Waals surface area contributed by atoms with Gasteiger partial charge in [0, 0.05) is 29.4 Å². The van der Waals surface area contributed by atoms with Crippen molar-refractivity contribution in [1.82, 2.24) is 9.55 Å². The molecule has 0 unspecified atom stereocenters. The second-order valence-corrected chi connectivity index (χ2v) is 8.30. The maximum absolute atomic E-state index is 13.5. The number of fused-ring (bicyclic) bond motifs is 1. The highest BCUT2D eigenvalue weighted by Crippen LogP contribution is 2.34. The van der Waals surface area contributed by atoms with Crippen LogP contribution >= 0.6 is 22.7 Å². The van der Waals surface area contributed by atoms with Crippen LogP contribution in [0.25, 0.3) is 20.7 Å². The highest BCUT2D eigenvalue weighted by molar-refractivity contribution is 7.18. The van der Waals surface area contributed by atoms with Crippen molar-refractivity contribution >= 4 is 38.9 Å². The Bertz CT molecular complexity index is 1000. The number of aromatic nitrogens is 2. The molecule has 0 N–H and O–H groups in total. The van der Waals surface area contributed by atoms with E-state index < -0.39 is 11.5 Å². The summed E-state index contributed by atoms with van der Waals surface area (Å²) < 4.78 is 11.9. The average molecular weight is 407 g/mol. The van der Waals surface area contributed by atoms with Crippen LogP contribution < -0.4 is 5.56 Å². The van der Waals surface area contributed by atoms with E-state index in [1.165, 1.54) is 15.9 Å². The van der Waals surface area contributed by atoms with Gasteiger partial charge in [0.1, 0.15) is 16.2 Å². The predicted molar refractivity (Wildman–Crippen MR) is 109 cm³/mol. The third-order valence-corrected chi connectivity index (χ3v) is 6.10. The van der Waals surface area contributed by atoms with Crippen molar-refractivity contribution in [3.63, 3.8) is 0 Å². The first kappa shape index (κ1) is 19.7. The van der Waals surface area contributed by atoms with Crippen molar-refractivity contribution in [1.29, 1.82) is 0 Å². The number of carbonyl (C=O) groups excluding carboxylic acids is 1. The van der Waals surface area contributed by atoms with E-state index in [1.807, 2.05) is 22.9 Å². The van der Waals surface area contributed by atoms with Crippen LogP contribution in [0.1, 0.15) is 26.6 Å². The topological polar surface area (TPSA) is 70.4 Å².